The van der Waals surface area contributed by atoms with Gasteiger partial charge in [0.25, 0.3) is 5.91 Å². The number of ether oxygens (including phenoxy) is 2. The molecular formula is C19H21NO5. The number of carbonyl (C=O) groups is 2. The minimum absolute atomic E-state index is 0.0622. The third-order valence-electron chi connectivity index (χ3n) is 4.31. The molecule has 1 amide bonds. The van der Waals surface area contributed by atoms with E-state index in [4.69, 9.17) is 13.9 Å². The maximum Gasteiger partial charge on any atom is 0.375 e. The third kappa shape index (κ3) is 4.21. The molecule has 1 heterocycles. The summed E-state index contributed by atoms with van der Waals surface area (Å²) in [4.78, 5) is 24.9. The maximum absolute atomic E-state index is 12.7. The lowest BCUT2D eigenvalue weighted by molar-refractivity contribution is -0.131. The van der Waals surface area contributed by atoms with Crippen LogP contribution in [-0.2, 0) is 9.53 Å². The standard InChI is InChI=1S/C19H21NO5/c1-23-15-10-8-13(9-11-15)17(18(21)20-14-5-2-3-6-14)25-19(22)16-7-4-12-24-16/h4,7-12,14,17H,2-3,5-6H2,1H3,(H,20,21)/t17-/m1/s1. The van der Waals surface area contributed by atoms with Crippen molar-refractivity contribution in [1.82, 2.24) is 5.32 Å². The van der Waals surface area contributed by atoms with Gasteiger partial charge in [-0.05, 0) is 37.1 Å². The van der Waals surface area contributed by atoms with Crippen LogP contribution >= 0.6 is 0 Å². The van der Waals surface area contributed by atoms with Crippen molar-refractivity contribution in [2.24, 2.45) is 0 Å². The highest BCUT2D eigenvalue weighted by molar-refractivity contribution is 5.90. The van der Waals surface area contributed by atoms with E-state index in [1.54, 1.807) is 37.4 Å². The summed E-state index contributed by atoms with van der Waals surface area (Å²) >= 11 is 0. The average molecular weight is 343 g/mol. The summed E-state index contributed by atoms with van der Waals surface area (Å²) in [5, 5.41) is 2.98. The van der Waals surface area contributed by atoms with Crippen molar-refractivity contribution < 1.29 is 23.5 Å². The SMILES string of the molecule is COc1ccc([C@@H](OC(=O)c2ccco2)C(=O)NC2CCCC2)cc1. The lowest BCUT2D eigenvalue weighted by Gasteiger charge is -2.20. The highest BCUT2D eigenvalue weighted by Crippen LogP contribution is 2.24. The Balaban J connectivity index is 1.78. The summed E-state index contributed by atoms with van der Waals surface area (Å²) in [6, 6.07) is 10.1. The van der Waals surface area contributed by atoms with Crippen molar-refractivity contribution >= 4 is 11.9 Å². The second-order valence-corrected chi connectivity index (χ2v) is 6.03. The molecule has 132 valence electrons. The monoisotopic (exact) mass is 343 g/mol. The zero-order chi connectivity index (χ0) is 17.6. The molecule has 1 atom stereocenters. The van der Waals surface area contributed by atoms with Crippen molar-refractivity contribution in [1.29, 1.82) is 0 Å². The van der Waals surface area contributed by atoms with Gasteiger partial charge >= 0.3 is 5.97 Å². The fraction of sp³-hybridized carbons (Fsp3) is 0.368. The Morgan fingerprint density at radius 2 is 1.88 bits per heavy atom. The van der Waals surface area contributed by atoms with Crippen LogP contribution in [0.4, 0.5) is 0 Å². The van der Waals surface area contributed by atoms with Gasteiger partial charge in [-0.25, -0.2) is 4.79 Å². The quantitative estimate of drug-likeness (QED) is 0.815. The highest BCUT2D eigenvalue weighted by Gasteiger charge is 2.29. The van der Waals surface area contributed by atoms with Crippen molar-refractivity contribution in [3.05, 3.63) is 54.0 Å². The molecule has 6 heteroatoms. The van der Waals surface area contributed by atoms with Crippen LogP contribution in [-0.4, -0.2) is 25.0 Å². The number of nitrogens with one attached hydrogen (secondary N) is 1. The van der Waals surface area contributed by atoms with E-state index in [1.165, 1.54) is 12.3 Å². The molecule has 1 aromatic heterocycles. The lowest BCUT2D eigenvalue weighted by Crippen LogP contribution is -2.38. The summed E-state index contributed by atoms with van der Waals surface area (Å²) in [6.07, 6.45) is 4.45. The first kappa shape index (κ1) is 17.1. The summed E-state index contributed by atoms with van der Waals surface area (Å²) in [6.45, 7) is 0. The molecule has 1 aliphatic rings. The minimum atomic E-state index is -1.04. The fourth-order valence-corrected chi connectivity index (χ4v) is 2.96. The molecule has 1 fully saturated rings. The zero-order valence-corrected chi connectivity index (χ0v) is 14.1. The van der Waals surface area contributed by atoms with E-state index < -0.39 is 12.1 Å². The largest absolute Gasteiger partial charge is 0.497 e. The van der Waals surface area contributed by atoms with Gasteiger partial charge in [-0.15, -0.1) is 0 Å². The number of methoxy groups -OCH3 is 1. The number of benzene rings is 1. The maximum atomic E-state index is 12.7. The van der Waals surface area contributed by atoms with Crippen LogP contribution in [0.15, 0.2) is 47.1 Å². The normalized spacial score (nSPS) is 15.6. The van der Waals surface area contributed by atoms with Crippen LogP contribution in [0.3, 0.4) is 0 Å². The molecular weight excluding hydrogens is 322 g/mol. The number of hydrogen-bond acceptors (Lipinski definition) is 5. The second-order valence-electron chi connectivity index (χ2n) is 6.03. The Kier molecular flexibility index (Phi) is 5.38. The van der Waals surface area contributed by atoms with Gasteiger partial charge in [0.1, 0.15) is 5.75 Å². The predicted octanol–water partition coefficient (Wildman–Crippen LogP) is 3.25. The van der Waals surface area contributed by atoms with Crippen molar-refractivity contribution in [3.63, 3.8) is 0 Å². The van der Waals surface area contributed by atoms with E-state index in [0.29, 0.717) is 11.3 Å². The van der Waals surface area contributed by atoms with Gasteiger partial charge in [0, 0.05) is 11.6 Å². The van der Waals surface area contributed by atoms with Gasteiger partial charge in [0.15, 0.2) is 0 Å². The van der Waals surface area contributed by atoms with Gasteiger partial charge in [-0.3, -0.25) is 4.79 Å². The second kappa shape index (κ2) is 7.88. The number of carbonyl (C=O) groups excluding carboxylic acids is 2. The lowest BCUT2D eigenvalue weighted by atomic mass is 10.1. The van der Waals surface area contributed by atoms with E-state index in [-0.39, 0.29) is 17.7 Å². The van der Waals surface area contributed by atoms with E-state index in [1.807, 2.05) is 0 Å². The summed E-state index contributed by atoms with van der Waals surface area (Å²) in [5.74, 6) is -0.271. The van der Waals surface area contributed by atoms with Crippen LogP contribution in [0, 0.1) is 0 Å². The number of furan rings is 1. The molecule has 0 radical (unpaired) electrons. The third-order valence-corrected chi connectivity index (χ3v) is 4.31. The summed E-state index contributed by atoms with van der Waals surface area (Å²) < 4.78 is 15.6. The Morgan fingerprint density at radius 3 is 2.48 bits per heavy atom. The first-order valence-corrected chi connectivity index (χ1v) is 8.36. The molecule has 6 nitrogen and oxygen atoms in total. The summed E-state index contributed by atoms with van der Waals surface area (Å²) in [5.41, 5.74) is 0.580. The molecule has 0 saturated heterocycles. The Bertz CT molecular complexity index is 702. The number of esters is 1. The molecule has 2 aromatic rings. The molecule has 1 N–H and O–H groups in total. The molecule has 0 unspecified atom stereocenters. The molecule has 1 saturated carbocycles. The molecule has 3 rings (SSSR count). The van der Waals surface area contributed by atoms with Crippen LogP contribution in [0.25, 0.3) is 0 Å². The fourth-order valence-electron chi connectivity index (χ4n) is 2.96. The van der Waals surface area contributed by atoms with Crippen molar-refractivity contribution in [3.8, 4) is 5.75 Å². The molecule has 0 bridgehead atoms. The van der Waals surface area contributed by atoms with Crippen LogP contribution < -0.4 is 10.1 Å². The Labute approximate surface area is 146 Å². The molecule has 0 aliphatic heterocycles. The molecule has 0 spiro atoms. The van der Waals surface area contributed by atoms with Crippen LogP contribution in [0.2, 0.25) is 0 Å². The smallest absolute Gasteiger partial charge is 0.375 e. The van der Waals surface area contributed by atoms with E-state index >= 15 is 0 Å². The van der Waals surface area contributed by atoms with Crippen molar-refractivity contribution in [2.45, 2.75) is 37.8 Å². The molecule has 1 aliphatic carbocycles. The summed E-state index contributed by atoms with van der Waals surface area (Å²) in [7, 11) is 1.57. The Hall–Kier alpha value is -2.76. The van der Waals surface area contributed by atoms with Gasteiger partial charge in [0.05, 0.1) is 13.4 Å². The van der Waals surface area contributed by atoms with E-state index in [9.17, 15) is 9.59 Å². The number of rotatable bonds is 6. The zero-order valence-electron chi connectivity index (χ0n) is 14.1. The average Bonchev–Trinajstić information content (AvgIpc) is 3.33. The molecule has 25 heavy (non-hydrogen) atoms. The van der Waals surface area contributed by atoms with Gasteiger partial charge < -0.3 is 19.2 Å². The van der Waals surface area contributed by atoms with Crippen molar-refractivity contribution in [2.75, 3.05) is 7.11 Å². The van der Waals surface area contributed by atoms with Gasteiger partial charge in [-0.1, -0.05) is 25.0 Å². The van der Waals surface area contributed by atoms with E-state index in [2.05, 4.69) is 5.32 Å². The molecule has 1 aromatic carbocycles. The number of hydrogen-bond donors (Lipinski definition) is 1. The first-order valence-electron chi connectivity index (χ1n) is 8.36. The van der Waals surface area contributed by atoms with E-state index in [0.717, 1.165) is 25.7 Å². The topological polar surface area (TPSA) is 77.8 Å². The number of amides is 1. The Morgan fingerprint density at radius 1 is 1.16 bits per heavy atom. The van der Waals surface area contributed by atoms with Crippen LogP contribution in [0.5, 0.6) is 5.75 Å². The van der Waals surface area contributed by atoms with Gasteiger partial charge in [-0.2, -0.15) is 0 Å². The first-order chi connectivity index (χ1) is 12.2. The predicted molar refractivity (Wildman–Crippen MR) is 90.3 cm³/mol. The minimum Gasteiger partial charge on any atom is -0.497 e. The highest BCUT2D eigenvalue weighted by atomic mass is 16.6. The van der Waals surface area contributed by atoms with Gasteiger partial charge in [0.2, 0.25) is 11.9 Å². The van der Waals surface area contributed by atoms with Crippen LogP contribution in [0.1, 0.15) is 47.9 Å².